The third-order valence-corrected chi connectivity index (χ3v) is 4.21. The maximum Gasteiger partial charge on any atom is 0.307 e. The average Bonchev–Trinajstić information content (AvgIpc) is 2.51. The Balaban J connectivity index is 0. The zero-order valence-electron chi connectivity index (χ0n) is 15.8. The van der Waals surface area contributed by atoms with Gasteiger partial charge in [0.25, 0.3) is 0 Å². The topological polar surface area (TPSA) is 46.5 Å². The summed E-state index contributed by atoms with van der Waals surface area (Å²) in [5, 5.41) is 8.42. The fourth-order valence-electron chi connectivity index (χ4n) is 2.78. The van der Waals surface area contributed by atoms with Crippen molar-refractivity contribution in [3.8, 4) is 0 Å². The van der Waals surface area contributed by atoms with Crippen LogP contribution in [-0.4, -0.2) is 47.4 Å². The van der Waals surface area contributed by atoms with Gasteiger partial charge in [-0.2, -0.15) is 0 Å². The second kappa shape index (κ2) is 22.4. The summed E-state index contributed by atoms with van der Waals surface area (Å²) in [6.07, 6.45) is 20.3. The van der Waals surface area contributed by atoms with Gasteiger partial charge >= 0.3 is 5.97 Å². The van der Waals surface area contributed by atoms with E-state index in [9.17, 15) is 4.79 Å². The van der Waals surface area contributed by atoms with Crippen LogP contribution in [0.5, 0.6) is 0 Å². The van der Waals surface area contributed by atoms with Gasteiger partial charge in [-0.05, 0) is 6.42 Å². The Morgan fingerprint density at radius 3 is 1.39 bits per heavy atom. The van der Waals surface area contributed by atoms with Crippen molar-refractivity contribution in [2.24, 2.45) is 0 Å². The van der Waals surface area contributed by atoms with Crippen molar-refractivity contribution in [1.82, 2.24) is 0 Å². The number of carbonyl (C=O) groups is 1. The molecule has 1 radical (unpaired) electrons. The molecule has 0 fully saturated rings. The van der Waals surface area contributed by atoms with Crippen LogP contribution >= 0.6 is 0 Å². The molecule has 0 aromatic carbocycles. The zero-order chi connectivity index (χ0) is 16.3. The molecule has 0 spiro atoms. The van der Waals surface area contributed by atoms with Gasteiger partial charge in [0.15, 0.2) is 6.79 Å². The molecule has 0 saturated heterocycles. The summed E-state index contributed by atoms with van der Waals surface area (Å²) in [4.78, 5) is 11.0. The molecule has 1 N–H and O–H groups in total. The van der Waals surface area contributed by atoms with E-state index in [1.54, 1.807) is 0 Å². The van der Waals surface area contributed by atoms with Gasteiger partial charge in [-0.25, -0.2) is 0 Å². The fraction of sp³-hybridized carbons (Fsp3) is 0.947. The van der Waals surface area contributed by atoms with Gasteiger partial charge in [-0.3, -0.25) is 4.79 Å². The third kappa shape index (κ3) is 22.4. The molecule has 0 rings (SSSR count). The number of aliphatic hydroxyl groups excluding tert-OH is 1. The van der Waals surface area contributed by atoms with Gasteiger partial charge in [0.1, 0.15) is 0 Å². The van der Waals surface area contributed by atoms with Crippen LogP contribution < -0.4 is 0 Å². The molecule has 3 nitrogen and oxygen atoms in total. The summed E-state index contributed by atoms with van der Waals surface area (Å²) in [5.41, 5.74) is 0. The first-order valence-electron chi connectivity index (χ1n) is 9.57. The second-order valence-corrected chi connectivity index (χ2v) is 6.35. The summed E-state index contributed by atoms with van der Waals surface area (Å²) in [6, 6.07) is 0. The Bertz CT molecular complexity index is 235. The molecule has 0 aliphatic heterocycles. The molecule has 4 heteroatoms. The predicted octanol–water partition coefficient (Wildman–Crippen LogP) is 5.36. The number of aliphatic hydroxyl groups is 1. The zero-order valence-corrected chi connectivity index (χ0v) is 17.8. The van der Waals surface area contributed by atoms with E-state index in [2.05, 4.69) is 11.7 Å². The summed E-state index contributed by atoms with van der Waals surface area (Å²) in [7, 11) is 0. The maximum atomic E-state index is 11.0. The van der Waals surface area contributed by atoms with E-state index in [0.717, 1.165) is 12.8 Å². The van der Waals surface area contributed by atoms with Crippen molar-refractivity contribution in [3.05, 3.63) is 0 Å². The summed E-state index contributed by atoms with van der Waals surface area (Å²) < 4.78 is 4.48. The summed E-state index contributed by atoms with van der Waals surface area (Å²) in [5.74, 6) is -0.280. The molecule has 0 heterocycles. The Hall–Kier alpha value is 0.430. The van der Waals surface area contributed by atoms with Crippen LogP contribution in [0.25, 0.3) is 0 Å². The van der Waals surface area contributed by atoms with Gasteiger partial charge in [0.2, 0.25) is 0 Å². The number of hydrogen-bond acceptors (Lipinski definition) is 3. The Labute approximate surface area is 166 Å². The number of unbranched alkanes of at least 4 members (excludes halogenated alkanes) is 14. The van der Waals surface area contributed by atoms with E-state index in [0.29, 0.717) is 6.42 Å². The van der Waals surface area contributed by atoms with E-state index < -0.39 is 6.79 Å². The van der Waals surface area contributed by atoms with Crippen molar-refractivity contribution < 1.29 is 14.6 Å². The van der Waals surface area contributed by atoms with E-state index in [1.807, 2.05) is 0 Å². The molecule has 0 bridgehead atoms. The average molecular weight is 338 g/mol. The Morgan fingerprint density at radius 2 is 1.04 bits per heavy atom. The molecule has 0 aliphatic rings. The predicted molar refractivity (Wildman–Crippen MR) is 98.5 cm³/mol. The van der Waals surface area contributed by atoms with Crippen molar-refractivity contribution in [2.45, 2.75) is 110 Å². The largest absolute Gasteiger partial charge is 0.439 e. The van der Waals surface area contributed by atoms with E-state index >= 15 is 0 Å². The van der Waals surface area contributed by atoms with Crippen molar-refractivity contribution in [3.63, 3.8) is 0 Å². The standard InChI is InChI=1S/C19H38O3.Na/c1-2-3-4-5-6-7-8-9-10-11-12-13-14-15-16-17-19(21)22-18-20;/h20H,2-18H2,1H3;. The van der Waals surface area contributed by atoms with Crippen LogP contribution in [0.15, 0.2) is 0 Å². The van der Waals surface area contributed by atoms with Crippen LogP contribution in [0.1, 0.15) is 110 Å². The number of hydrogen-bond donors (Lipinski definition) is 1. The van der Waals surface area contributed by atoms with Gasteiger partial charge in [0, 0.05) is 36.0 Å². The van der Waals surface area contributed by atoms with Crippen LogP contribution in [0.2, 0.25) is 0 Å². The molecule has 0 aromatic rings. The molecule has 0 aromatic heterocycles. The minimum absolute atomic E-state index is 0. The van der Waals surface area contributed by atoms with Gasteiger partial charge in [0.05, 0.1) is 0 Å². The van der Waals surface area contributed by atoms with E-state index in [4.69, 9.17) is 5.11 Å². The molecule has 0 amide bonds. The van der Waals surface area contributed by atoms with Gasteiger partial charge in [-0.15, -0.1) is 0 Å². The molecule has 133 valence electrons. The third-order valence-electron chi connectivity index (χ3n) is 4.21. The molecule has 0 atom stereocenters. The normalized spacial score (nSPS) is 10.3. The van der Waals surface area contributed by atoms with Crippen LogP contribution in [0.4, 0.5) is 0 Å². The van der Waals surface area contributed by atoms with E-state index in [-0.39, 0.29) is 35.5 Å². The number of esters is 1. The van der Waals surface area contributed by atoms with Crippen molar-refractivity contribution >= 4 is 35.5 Å². The van der Waals surface area contributed by atoms with Crippen LogP contribution in [0, 0.1) is 0 Å². The number of carbonyl (C=O) groups excluding carboxylic acids is 1. The monoisotopic (exact) mass is 337 g/mol. The molecule has 0 unspecified atom stereocenters. The van der Waals surface area contributed by atoms with Crippen LogP contribution in [-0.2, 0) is 9.53 Å². The smallest absolute Gasteiger partial charge is 0.307 e. The maximum absolute atomic E-state index is 11.0. The SMILES string of the molecule is CCCCCCCCCCCCCCCCCC(=O)OCO.[Na]. The van der Waals surface area contributed by atoms with Crippen LogP contribution in [0.3, 0.4) is 0 Å². The molecule has 0 saturated carbocycles. The fourth-order valence-corrected chi connectivity index (χ4v) is 2.78. The Morgan fingerprint density at radius 1 is 0.696 bits per heavy atom. The second-order valence-electron chi connectivity index (χ2n) is 6.35. The number of ether oxygens (including phenoxy) is 1. The first kappa shape index (κ1) is 25.7. The minimum atomic E-state index is -0.489. The van der Waals surface area contributed by atoms with E-state index in [1.165, 1.54) is 83.5 Å². The molecule has 23 heavy (non-hydrogen) atoms. The first-order chi connectivity index (χ1) is 10.8. The number of rotatable bonds is 17. The minimum Gasteiger partial charge on any atom is -0.439 e. The van der Waals surface area contributed by atoms with Crippen molar-refractivity contribution in [2.75, 3.05) is 6.79 Å². The quantitative estimate of drug-likeness (QED) is 0.168. The molecule has 0 aliphatic carbocycles. The van der Waals surface area contributed by atoms with Gasteiger partial charge in [-0.1, -0.05) is 96.8 Å². The summed E-state index contributed by atoms with van der Waals surface area (Å²) in [6.45, 7) is 1.78. The molecular formula is C19H38NaO3. The summed E-state index contributed by atoms with van der Waals surface area (Å²) >= 11 is 0. The van der Waals surface area contributed by atoms with Gasteiger partial charge < -0.3 is 9.84 Å². The van der Waals surface area contributed by atoms with Crippen molar-refractivity contribution in [1.29, 1.82) is 0 Å². The Kier molecular flexibility index (Phi) is 25.0. The first-order valence-corrected chi connectivity index (χ1v) is 9.57. The molecular weight excluding hydrogens is 299 g/mol.